The van der Waals surface area contributed by atoms with Gasteiger partial charge in [0.05, 0.1) is 12.1 Å². The normalized spacial score (nSPS) is 22.4. The molecule has 0 radical (unpaired) electrons. The first-order valence-electron chi connectivity index (χ1n) is 9.56. The molecule has 0 saturated carbocycles. The number of nitrogens with zero attached hydrogens (tertiary/aromatic N) is 2. The quantitative estimate of drug-likeness (QED) is 0.698. The molecule has 138 valence electrons. The summed E-state index contributed by atoms with van der Waals surface area (Å²) in [7, 11) is 0. The maximum Gasteiger partial charge on any atom is 0.227 e. The summed E-state index contributed by atoms with van der Waals surface area (Å²) in [4.78, 5) is 16.6. The largest absolute Gasteiger partial charge is 0.329 e. The zero-order valence-corrected chi connectivity index (χ0v) is 16.5. The molecule has 1 saturated heterocycles. The van der Waals surface area contributed by atoms with Crippen LogP contribution in [0.15, 0.2) is 36.4 Å². The summed E-state index contributed by atoms with van der Waals surface area (Å²) >= 11 is 5.92. The second-order valence-corrected chi connectivity index (χ2v) is 7.05. The Morgan fingerprint density at radius 1 is 1.08 bits per heavy atom. The van der Waals surface area contributed by atoms with E-state index in [9.17, 15) is 4.79 Å². The molecule has 25 heavy (non-hydrogen) atoms. The maximum atomic E-state index is 12.1. The molecular weight excluding hydrogens is 332 g/mol. The number of benzene rings is 1. The minimum Gasteiger partial charge on any atom is -0.329 e. The molecule has 0 spiro atoms. The second-order valence-electron chi connectivity index (χ2n) is 6.62. The summed E-state index contributed by atoms with van der Waals surface area (Å²) in [6.07, 6.45) is 8.05. The lowest BCUT2D eigenvalue weighted by Gasteiger charge is -2.43. The molecule has 2 aliphatic heterocycles. The second kappa shape index (κ2) is 9.98. The van der Waals surface area contributed by atoms with Crippen LogP contribution in [0, 0.1) is 0 Å². The molecule has 0 aliphatic carbocycles. The summed E-state index contributed by atoms with van der Waals surface area (Å²) < 4.78 is 0. The van der Waals surface area contributed by atoms with Gasteiger partial charge in [-0.05, 0) is 56.6 Å². The van der Waals surface area contributed by atoms with Crippen molar-refractivity contribution in [3.63, 3.8) is 0 Å². The van der Waals surface area contributed by atoms with Crippen LogP contribution in [0.5, 0.6) is 0 Å². The lowest BCUT2D eigenvalue weighted by atomic mass is 9.88. The summed E-state index contributed by atoms with van der Waals surface area (Å²) in [5.74, 6) is 0.252. The molecule has 1 aromatic carbocycles. The highest BCUT2D eigenvalue weighted by Gasteiger charge is 2.34. The fourth-order valence-corrected chi connectivity index (χ4v) is 3.82. The predicted octanol–water partition coefficient (Wildman–Crippen LogP) is 5.07. The fourth-order valence-electron chi connectivity index (χ4n) is 3.69. The van der Waals surface area contributed by atoms with Crippen LogP contribution in [0.25, 0.3) is 0 Å². The summed E-state index contributed by atoms with van der Waals surface area (Å²) in [6, 6.07) is 8.41. The Labute approximate surface area is 157 Å². The minimum absolute atomic E-state index is 0.221. The Morgan fingerprint density at radius 2 is 1.72 bits per heavy atom. The van der Waals surface area contributed by atoms with Gasteiger partial charge in [0.15, 0.2) is 0 Å². The van der Waals surface area contributed by atoms with E-state index in [1.165, 1.54) is 31.6 Å². The Kier molecular flexibility index (Phi) is 7.98. The van der Waals surface area contributed by atoms with Gasteiger partial charge in [-0.1, -0.05) is 56.7 Å². The number of piperidine rings is 1. The number of hydrogen-bond donors (Lipinski definition) is 0. The lowest BCUT2D eigenvalue weighted by Crippen LogP contribution is -2.46. The molecule has 0 aromatic heterocycles. The number of hydrogen-bond acceptors (Lipinski definition) is 2. The molecule has 2 aliphatic rings. The van der Waals surface area contributed by atoms with E-state index in [-0.39, 0.29) is 11.9 Å². The van der Waals surface area contributed by atoms with Gasteiger partial charge in [0.2, 0.25) is 5.91 Å². The number of carbonyl (C=O) groups excluding carboxylic acids is 1. The number of halogens is 1. The molecule has 3 rings (SSSR count). The molecule has 1 fully saturated rings. The summed E-state index contributed by atoms with van der Waals surface area (Å²) in [6.45, 7) is 10.1. The highest BCUT2D eigenvalue weighted by molar-refractivity contribution is 6.30. The van der Waals surface area contributed by atoms with Crippen LogP contribution in [-0.2, 0) is 4.79 Å². The van der Waals surface area contributed by atoms with Crippen molar-refractivity contribution in [2.24, 2.45) is 0 Å². The third-order valence-corrected chi connectivity index (χ3v) is 5.46. The van der Waals surface area contributed by atoms with Gasteiger partial charge in [0.1, 0.15) is 0 Å². The molecule has 2 atom stereocenters. The van der Waals surface area contributed by atoms with Crippen molar-refractivity contribution in [1.29, 1.82) is 0 Å². The van der Waals surface area contributed by atoms with Crippen LogP contribution in [0.3, 0.4) is 0 Å². The zero-order valence-electron chi connectivity index (χ0n) is 15.7. The third-order valence-electron chi connectivity index (χ3n) is 5.21. The first-order chi connectivity index (χ1) is 12.1. The van der Waals surface area contributed by atoms with E-state index in [1.807, 2.05) is 30.3 Å². The molecule has 1 aromatic rings. The van der Waals surface area contributed by atoms with Crippen LogP contribution >= 0.6 is 11.6 Å². The standard InChI is InChI=1S/C15H16ClNO.C6H15N/c16-12-9-7-11(8-10-12)14-5-1-3-13-4-2-6-15(18)17(13)14;1-4-7(5-2)6-3/h2,4,7-10,13-14H,1,3,5-6H2;4-6H2,1-3H3/t13-,14+;/m1./s1. The van der Waals surface area contributed by atoms with Crippen LogP contribution < -0.4 is 0 Å². The molecule has 0 N–H and O–H groups in total. The molecule has 3 nitrogen and oxygen atoms in total. The monoisotopic (exact) mass is 362 g/mol. The van der Waals surface area contributed by atoms with Crippen LogP contribution in [0.4, 0.5) is 0 Å². The Balaban J connectivity index is 0.000000277. The van der Waals surface area contributed by atoms with Gasteiger partial charge in [-0.15, -0.1) is 0 Å². The van der Waals surface area contributed by atoms with Gasteiger partial charge in [-0.25, -0.2) is 0 Å². The van der Waals surface area contributed by atoms with Crippen molar-refractivity contribution >= 4 is 17.5 Å². The molecule has 2 heterocycles. The predicted molar refractivity (Wildman–Crippen MR) is 106 cm³/mol. The van der Waals surface area contributed by atoms with Crippen molar-refractivity contribution in [3.05, 3.63) is 47.0 Å². The molecule has 0 unspecified atom stereocenters. The van der Waals surface area contributed by atoms with Crippen LogP contribution in [-0.4, -0.2) is 41.4 Å². The fraction of sp³-hybridized carbons (Fsp3) is 0.571. The molecule has 1 amide bonds. The lowest BCUT2D eigenvalue weighted by molar-refractivity contribution is -0.137. The minimum atomic E-state index is 0.221. The number of fused-ring (bicyclic) bond motifs is 1. The third kappa shape index (κ3) is 5.32. The van der Waals surface area contributed by atoms with Gasteiger partial charge >= 0.3 is 0 Å². The Bertz CT molecular complexity index is 560. The van der Waals surface area contributed by atoms with Gasteiger partial charge < -0.3 is 9.80 Å². The van der Waals surface area contributed by atoms with Crippen molar-refractivity contribution in [2.45, 2.75) is 58.5 Å². The maximum absolute atomic E-state index is 12.1. The van der Waals surface area contributed by atoms with Gasteiger partial charge in [0, 0.05) is 11.4 Å². The zero-order chi connectivity index (χ0) is 18.2. The SMILES string of the molecule is CCN(CC)CC.O=C1CC=C[C@H]2CCC[C@@H](c3ccc(Cl)cc3)N12. The van der Waals surface area contributed by atoms with Crippen molar-refractivity contribution in [2.75, 3.05) is 19.6 Å². The van der Waals surface area contributed by atoms with E-state index in [4.69, 9.17) is 11.6 Å². The average Bonchev–Trinajstić information content (AvgIpc) is 2.64. The van der Waals surface area contributed by atoms with Gasteiger partial charge in [0.25, 0.3) is 0 Å². The summed E-state index contributed by atoms with van der Waals surface area (Å²) in [5.41, 5.74) is 1.20. The van der Waals surface area contributed by atoms with Crippen molar-refractivity contribution in [3.8, 4) is 0 Å². The first kappa shape index (κ1) is 20.0. The Hall–Kier alpha value is -1.32. The van der Waals surface area contributed by atoms with Crippen molar-refractivity contribution in [1.82, 2.24) is 9.80 Å². The van der Waals surface area contributed by atoms with E-state index in [0.717, 1.165) is 17.9 Å². The van der Waals surface area contributed by atoms with E-state index >= 15 is 0 Å². The van der Waals surface area contributed by atoms with Crippen LogP contribution in [0.1, 0.15) is 58.1 Å². The topological polar surface area (TPSA) is 23.6 Å². The number of rotatable bonds is 4. The summed E-state index contributed by atoms with van der Waals surface area (Å²) in [5, 5.41) is 0.746. The van der Waals surface area contributed by atoms with Gasteiger partial charge in [-0.3, -0.25) is 4.79 Å². The highest BCUT2D eigenvalue weighted by atomic mass is 35.5. The van der Waals surface area contributed by atoms with Crippen LogP contribution in [0.2, 0.25) is 5.02 Å². The van der Waals surface area contributed by atoms with E-state index in [2.05, 4.69) is 36.6 Å². The molecule has 0 bridgehead atoms. The van der Waals surface area contributed by atoms with Crippen molar-refractivity contribution < 1.29 is 4.79 Å². The van der Waals surface area contributed by atoms with E-state index in [1.54, 1.807) is 0 Å². The average molecular weight is 363 g/mol. The van der Waals surface area contributed by atoms with E-state index in [0.29, 0.717) is 12.5 Å². The van der Waals surface area contributed by atoms with Gasteiger partial charge in [-0.2, -0.15) is 0 Å². The highest BCUT2D eigenvalue weighted by Crippen LogP contribution is 2.37. The molecule has 4 heteroatoms. The smallest absolute Gasteiger partial charge is 0.227 e. The number of carbonyl (C=O) groups is 1. The first-order valence-corrected chi connectivity index (χ1v) is 9.94. The molecular formula is C21H31ClN2O. The number of amides is 1. The van der Waals surface area contributed by atoms with E-state index < -0.39 is 0 Å². The Morgan fingerprint density at radius 3 is 2.28 bits per heavy atom.